The van der Waals surface area contributed by atoms with E-state index in [2.05, 4.69) is 16.0 Å². The van der Waals surface area contributed by atoms with Crippen molar-refractivity contribution in [3.05, 3.63) is 47.4 Å². The summed E-state index contributed by atoms with van der Waals surface area (Å²) in [7, 11) is 0. The van der Waals surface area contributed by atoms with Crippen molar-refractivity contribution in [2.24, 2.45) is 0 Å². The standard InChI is InChI=1S/C16H16ClN3O4.ClH/c17-11-8-10(19-15(21)13-9-23-7-5-18-13)3-4-12(11)20-16(22)14-2-1-6-24-14;/h1-4,6,8,13,18H,5,7,9H2,(H,19,21)(H,20,22);1H. The van der Waals surface area contributed by atoms with Crippen molar-refractivity contribution < 1.29 is 18.7 Å². The van der Waals surface area contributed by atoms with E-state index in [1.54, 1.807) is 30.3 Å². The Morgan fingerprint density at radius 2 is 2.08 bits per heavy atom. The van der Waals surface area contributed by atoms with Crippen LogP contribution in [0.5, 0.6) is 0 Å². The highest BCUT2D eigenvalue weighted by Gasteiger charge is 2.21. The zero-order valence-electron chi connectivity index (χ0n) is 13.1. The van der Waals surface area contributed by atoms with E-state index < -0.39 is 11.9 Å². The fraction of sp³-hybridized carbons (Fsp3) is 0.250. The summed E-state index contributed by atoms with van der Waals surface area (Å²) in [6, 6.07) is 7.63. The molecule has 0 saturated carbocycles. The summed E-state index contributed by atoms with van der Waals surface area (Å²) in [5.41, 5.74) is 0.962. The highest BCUT2D eigenvalue weighted by atomic mass is 35.5. The van der Waals surface area contributed by atoms with E-state index in [9.17, 15) is 9.59 Å². The van der Waals surface area contributed by atoms with Crippen LogP contribution in [-0.2, 0) is 9.53 Å². The number of rotatable bonds is 4. The molecule has 1 saturated heterocycles. The lowest BCUT2D eigenvalue weighted by Crippen LogP contribution is -2.48. The van der Waals surface area contributed by atoms with E-state index in [0.717, 1.165) is 0 Å². The van der Waals surface area contributed by atoms with Crippen molar-refractivity contribution in [3.8, 4) is 0 Å². The van der Waals surface area contributed by atoms with Gasteiger partial charge in [0.05, 0.1) is 30.2 Å². The average molecular weight is 386 g/mol. The second-order valence-electron chi connectivity index (χ2n) is 5.20. The van der Waals surface area contributed by atoms with Crippen molar-refractivity contribution in [2.75, 3.05) is 30.4 Å². The summed E-state index contributed by atoms with van der Waals surface area (Å²) in [6.07, 6.45) is 1.41. The number of nitrogens with one attached hydrogen (secondary N) is 3. The largest absolute Gasteiger partial charge is 0.459 e. The zero-order chi connectivity index (χ0) is 16.9. The topological polar surface area (TPSA) is 92.6 Å². The maximum Gasteiger partial charge on any atom is 0.291 e. The molecule has 1 aromatic heterocycles. The van der Waals surface area contributed by atoms with E-state index in [4.69, 9.17) is 20.8 Å². The first-order valence-electron chi connectivity index (χ1n) is 7.40. The first-order valence-corrected chi connectivity index (χ1v) is 7.77. The van der Waals surface area contributed by atoms with Crippen molar-refractivity contribution in [1.29, 1.82) is 0 Å². The summed E-state index contributed by atoms with van der Waals surface area (Å²) in [5.74, 6) is -0.410. The van der Waals surface area contributed by atoms with Gasteiger partial charge >= 0.3 is 0 Å². The molecule has 1 aliphatic heterocycles. The Morgan fingerprint density at radius 3 is 2.72 bits per heavy atom. The Kier molecular flexibility index (Phi) is 6.83. The molecule has 0 radical (unpaired) electrons. The number of carbonyl (C=O) groups excluding carboxylic acids is 2. The molecule has 0 bridgehead atoms. The van der Waals surface area contributed by atoms with Gasteiger partial charge in [-0.1, -0.05) is 11.6 Å². The Bertz CT molecular complexity index is 731. The number of halogens is 2. The molecule has 1 aromatic carbocycles. The van der Waals surface area contributed by atoms with Gasteiger partial charge in [-0.15, -0.1) is 12.4 Å². The van der Waals surface area contributed by atoms with Crippen LogP contribution in [0.2, 0.25) is 5.02 Å². The molecule has 2 amide bonds. The van der Waals surface area contributed by atoms with Crippen molar-refractivity contribution in [1.82, 2.24) is 5.32 Å². The van der Waals surface area contributed by atoms with Crippen LogP contribution in [0, 0.1) is 0 Å². The Morgan fingerprint density at radius 1 is 1.24 bits per heavy atom. The number of ether oxygens (including phenoxy) is 1. The summed E-state index contributed by atoms with van der Waals surface area (Å²) >= 11 is 6.17. The molecule has 1 unspecified atom stereocenters. The van der Waals surface area contributed by atoms with E-state index in [-0.39, 0.29) is 24.1 Å². The second kappa shape index (κ2) is 8.87. The summed E-state index contributed by atoms with van der Waals surface area (Å²) in [5, 5.41) is 8.79. The molecule has 3 rings (SSSR count). The van der Waals surface area contributed by atoms with Gasteiger partial charge in [0.15, 0.2) is 5.76 Å². The van der Waals surface area contributed by atoms with Crippen LogP contribution < -0.4 is 16.0 Å². The van der Waals surface area contributed by atoms with E-state index in [1.165, 1.54) is 6.26 Å². The van der Waals surface area contributed by atoms with Crippen LogP contribution in [0.25, 0.3) is 0 Å². The highest BCUT2D eigenvalue weighted by molar-refractivity contribution is 6.34. The molecule has 2 aromatic rings. The van der Waals surface area contributed by atoms with Crippen molar-refractivity contribution >= 4 is 47.2 Å². The maximum atomic E-state index is 12.1. The van der Waals surface area contributed by atoms with Crippen LogP contribution in [0.4, 0.5) is 11.4 Å². The van der Waals surface area contributed by atoms with Crippen LogP contribution in [-0.4, -0.2) is 37.6 Å². The van der Waals surface area contributed by atoms with E-state index in [1.807, 2.05) is 0 Å². The van der Waals surface area contributed by atoms with Gasteiger partial charge in [-0.2, -0.15) is 0 Å². The number of hydrogen-bond acceptors (Lipinski definition) is 5. The number of furan rings is 1. The Hall–Kier alpha value is -2.06. The van der Waals surface area contributed by atoms with Crippen molar-refractivity contribution in [3.63, 3.8) is 0 Å². The monoisotopic (exact) mass is 385 g/mol. The minimum atomic E-state index is -0.401. The molecule has 9 heteroatoms. The quantitative estimate of drug-likeness (QED) is 0.751. The molecule has 1 fully saturated rings. The second-order valence-corrected chi connectivity index (χ2v) is 5.60. The molecule has 3 N–H and O–H groups in total. The first kappa shape index (κ1) is 19.3. The number of anilines is 2. The molecule has 2 heterocycles. The highest BCUT2D eigenvalue weighted by Crippen LogP contribution is 2.26. The molecule has 7 nitrogen and oxygen atoms in total. The van der Waals surface area contributed by atoms with E-state index >= 15 is 0 Å². The van der Waals surface area contributed by atoms with Gasteiger partial charge < -0.3 is 25.1 Å². The molecule has 0 aliphatic carbocycles. The zero-order valence-corrected chi connectivity index (χ0v) is 14.7. The SMILES string of the molecule is Cl.O=C(Nc1ccc(NC(=O)C2COCCN2)cc1Cl)c1ccco1. The van der Waals surface area contributed by atoms with Gasteiger partial charge in [0, 0.05) is 12.2 Å². The van der Waals surface area contributed by atoms with Crippen LogP contribution >= 0.6 is 24.0 Å². The molecular formula is C16H17Cl2N3O4. The normalized spacial score (nSPS) is 16.6. The van der Waals surface area contributed by atoms with Crippen LogP contribution in [0.1, 0.15) is 10.6 Å². The minimum absolute atomic E-state index is 0. The Labute approximate surface area is 155 Å². The minimum Gasteiger partial charge on any atom is -0.459 e. The summed E-state index contributed by atoms with van der Waals surface area (Å²) in [4.78, 5) is 24.1. The predicted molar refractivity (Wildman–Crippen MR) is 96.6 cm³/mol. The fourth-order valence-corrected chi connectivity index (χ4v) is 2.48. The smallest absolute Gasteiger partial charge is 0.291 e. The predicted octanol–water partition coefficient (Wildman–Crippen LogP) is 2.53. The number of carbonyl (C=O) groups is 2. The molecule has 1 aliphatic rings. The third-order valence-electron chi connectivity index (χ3n) is 3.47. The number of amides is 2. The first-order chi connectivity index (χ1) is 11.6. The summed E-state index contributed by atoms with van der Waals surface area (Å²) in [6.45, 7) is 1.56. The molecule has 1 atom stereocenters. The van der Waals surface area contributed by atoms with Gasteiger partial charge in [0.1, 0.15) is 6.04 Å². The van der Waals surface area contributed by atoms with Gasteiger partial charge in [0.2, 0.25) is 5.91 Å². The lowest BCUT2D eigenvalue weighted by molar-refractivity contribution is -0.120. The number of morpholine rings is 1. The van der Waals surface area contributed by atoms with Gasteiger partial charge in [-0.25, -0.2) is 0 Å². The van der Waals surface area contributed by atoms with Crippen molar-refractivity contribution in [2.45, 2.75) is 6.04 Å². The number of hydrogen-bond donors (Lipinski definition) is 3. The lowest BCUT2D eigenvalue weighted by atomic mass is 10.2. The molecule has 25 heavy (non-hydrogen) atoms. The van der Waals surface area contributed by atoms with Crippen LogP contribution in [0.3, 0.4) is 0 Å². The van der Waals surface area contributed by atoms with Gasteiger partial charge in [-0.05, 0) is 30.3 Å². The number of benzene rings is 1. The third kappa shape index (κ3) is 4.96. The van der Waals surface area contributed by atoms with Gasteiger partial charge in [0.25, 0.3) is 5.91 Å². The molecule has 134 valence electrons. The maximum absolute atomic E-state index is 12.1. The average Bonchev–Trinajstić information content (AvgIpc) is 3.13. The van der Waals surface area contributed by atoms with Gasteiger partial charge in [-0.3, -0.25) is 9.59 Å². The third-order valence-corrected chi connectivity index (χ3v) is 3.78. The van der Waals surface area contributed by atoms with Crippen LogP contribution in [0.15, 0.2) is 41.0 Å². The fourth-order valence-electron chi connectivity index (χ4n) is 2.25. The lowest BCUT2D eigenvalue weighted by Gasteiger charge is -2.23. The molecular weight excluding hydrogens is 369 g/mol. The van der Waals surface area contributed by atoms with E-state index in [0.29, 0.717) is 36.2 Å². The molecule has 0 spiro atoms. The summed E-state index contributed by atoms with van der Waals surface area (Å²) < 4.78 is 10.3. The Balaban J connectivity index is 0.00000225.